The van der Waals surface area contributed by atoms with Crippen molar-refractivity contribution in [2.24, 2.45) is 5.92 Å². The molecule has 24 heavy (non-hydrogen) atoms. The van der Waals surface area contributed by atoms with Gasteiger partial charge in [0.05, 0.1) is 18.7 Å². The maximum atomic E-state index is 12.5. The molecule has 1 unspecified atom stereocenters. The van der Waals surface area contributed by atoms with Gasteiger partial charge in [-0.3, -0.25) is 4.79 Å². The Morgan fingerprint density at radius 1 is 1.12 bits per heavy atom. The first-order valence-electron chi connectivity index (χ1n) is 8.54. The lowest BCUT2D eigenvalue weighted by Crippen LogP contribution is -2.34. The van der Waals surface area contributed by atoms with Gasteiger partial charge in [-0.15, -0.1) is 0 Å². The quantitative estimate of drug-likeness (QED) is 0.888. The van der Waals surface area contributed by atoms with Crippen molar-refractivity contribution < 1.29 is 14.3 Å². The maximum Gasteiger partial charge on any atom is 0.255 e. The molecular weight excluding hydrogens is 302 g/mol. The second-order valence-electron chi connectivity index (χ2n) is 6.51. The molecule has 1 aliphatic carbocycles. The Kier molecular flexibility index (Phi) is 4.11. The van der Waals surface area contributed by atoms with E-state index in [9.17, 15) is 4.79 Å². The lowest BCUT2D eigenvalue weighted by molar-refractivity contribution is 0.0929. The summed E-state index contributed by atoms with van der Waals surface area (Å²) < 4.78 is 11.7. The largest absolute Gasteiger partial charge is 0.492 e. The molecule has 1 fully saturated rings. The van der Waals surface area contributed by atoms with E-state index in [1.807, 2.05) is 42.5 Å². The van der Waals surface area contributed by atoms with Crippen molar-refractivity contribution in [1.82, 2.24) is 5.32 Å². The summed E-state index contributed by atoms with van der Waals surface area (Å²) in [5.41, 5.74) is 1.79. The molecular formula is C20H21NO3. The van der Waals surface area contributed by atoms with Gasteiger partial charge < -0.3 is 14.8 Å². The number of carbonyl (C=O) groups is 1. The summed E-state index contributed by atoms with van der Waals surface area (Å²) in [6.45, 7) is 1.19. The van der Waals surface area contributed by atoms with E-state index in [-0.39, 0.29) is 12.0 Å². The van der Waals surface area contributed by atoms with Crippen molar-refractivity contribution in [3.8, 4) is 11.5 Å². The molecule has 0 saturated heterocycles. The van der Waals surface area contributed by atoms with E-state index in [1.165, 1.54) is 18.4 Å². The molecule has 1 atom stereocenters. The molecule has 2 aliphatic rings. The van der Waals surface area contributed by atoms with Crippen LogP contribution in [0.2, 0.25) is 0 Å². The van der Waals surface area contributed by atoms with E-state index in [0.29, 0.717) is 30.4 Å². The van der Waals surface area contributed by atoms with E-state index in [2.05, 4.69) is 11.4 Å². The fourth-order valence-corrected chi connectivity index (χ4v) is 2.94. The highest BCUT2D eigenvalue weighted by Gasteiger charge is 2.25. The molecule has 0 aromatic heterocycles. The zero-order valence-corrected chi connectivity index (χ0v) is 13.5. The van der Waals surface area contributed by atoms with Crippen LogP contribution in [0.15, 0.2) is 48.5 Å². The Morgan fingerprint density at radius 3 is 2.75 bits per heavy atom. The van der Waals surface area contributed by atoms with Crippen molar-refractivity contribution in [3.05, 3.63) is 59.7 Å². The lowest BCUT2D eigenvalue weighted by Gasteiger charge is -2.14. The van der Waals surface area contributed by atoms with Crippen LogP contribution >= 0.6 is 0 Å². The number of benzene rings is 2. The first kappa shape index (κ1) is 15.1. The molecule has 2 aromatic carbocycles. The van der Waals surface area contributed by atoms with Crippen molar-refractivity contribution in [2.75, 3.05) is 13.2 Å². The van der Waals surface area contributed by atoms with Gasteiger partial charge in [-0.25, -0.2) is 0 Å². The minimum atomic E-state index is -0.110. The molecule has 1 heterocycles. The number of ether oxygens (including phenoxy) is 2. The number of nitrogens with one attached hydrogen (secondary N) is 1. The molecule has 0 bridgehead atoms. The summed E-state index contributed by atoms with van der Waals surface area (Å²) in [6, 6.07) is 15.4. The highest BCUT2D eigenvalue weighted by Crippen LogP contribution is 2.30. The predicted molar refractivity (Wildman–Crippen MR) is 91.6 cm³/mol. The van der Waals surface area contributed by atoms with Crippen LogP contribution in [0.3, 0.4) is 0 Å². The van der Waals surface area contributed by atoms with Crippen LogP contribution in [-0.2, 0) is 6.42 Å². The third-order valence-corrected chi connectivity index (χ3v) is 4.51. The SMILES string of the molecule is O=C(NCC1Cc2ccccc2O1)c1ccccc1OCC1CC1. The van der Waals surface area contributed by atoms with Crippen LogP contribution in [0, 0.1) is 5.92 Å². The van der Waals surface area contributed by atoms with Gasteiger partial charge in [0.25, 0.3) is 5.91 Å². The van der Waals surface area contributed by atoms with Gasteiger partial charge in [0.2, 0.25) is 0 Å². The zero-order chi connectivity index (χ0) is 16.4. The molecule has 0 radical (unpaired) electrons. The monoisotopic (exact) mass is 323 g/mol. The summed E-state index contributed by atoms with van der Waals surface area (Å²) in [7, 11) is 0. The summed E-state index contributed by atoms with van der Waals surface area (Å²) >= 11 is 0. The molecule has 1 N–H and O–H groups in total. The Hall–Kier alpha value is -2.49. The number of rotatable bonds is 6. The smallest absolute Gasteiger partial charge is 0.255 e. The Balaban J connectivity index is 1.35. The van der Waals surface area contributed by atoms with Crippen LogP contribution in [0.4, 0.5) is 0 Å². The lowest BCUT2D eigenvalue weighted by atomic mass is 10.1. The summed E-state index contributed by atoms with van der Waals surface area (Å²) in [4.78, 5) is 12.5. The molecule has 1 amide bonds. The molecule has 2 aromatic rings. The van der Waals surface area contributed by atoms with Gasteiger partial charge in [0.1, 0.15) is 17.6 Å². The zero-order valence-electron chi connectivity index (χ0n) is 13.5. The second-order valence-corrected chi connectivity index (χ2v) is 6.51. The Morgan fingerprint density at radius 2 is 1.92 bits per heavy atom. The molecule has 4 rings (SSSR count). The average Bonchev–Trinajstić information content (AvgIpc) is 3.35. The van der Waals surface area contributed by atoms with Crippen molar-refractivity contribution >= 4 is 5.91 Å². The summed E-state index contributed by atoms with van der Waals surface area (Å²) in [5, 5.41) is 2.98. The molecule has 4 heteroatoms. The topological polar surface area (TPSA) is 47.6 Å². The van der Waals surface area contributed by atoms with Crippen LogP contribution in [0.25, 0.3) is 0 Å². The minimum absolute atomic E-state index is 0.00843. The Bertz CT molecular complexity index is 714. The Labute approximate surface area is 141 Å². The number of para-hydroxylation sites is 2. The fourth-order valence-electron chi connectivity index (χ4n) is 2.94. The average molecular weight is 323 g/mol. The molecule has 1 aliphatic heterocycles. The fraction of sp³-hybridized carbons (Fsp3) is 0.350. The highest BCUT2D eigenvalue weighted by molar-refractivity contribution is 5.96. The van der Waals surface area contributed by atoms with Crippen LogP contribution < -0.4 is 14.8 Å². The van der Waals surface area contributed by atoms with Crippen molar-refractivity contribution in [3.63, 3.8) is 0 Å². The van der Waals surface area contributed by atoms with E-state index in [1.54, 1.807) is 0 Å². The van der Waals surface area contributed by atoms with Crippen molar-refractivity contribution in [2.45, 2.75) is 25.4 Å². The molecule has 124 valence electrons. The predicted octanol–water partition coefficient (Wildman–Crippen LogP) is 3.21. The van der Waals surface area contributed by atoms with E-state index < -0.39 is 0 Å². The molecule has 4 nitrogen and oxygen atoms in total. The van der Waals surface area contributed by atoms with Gasteiger partial charge in [-0.1, -0.05) is 30.3 Å². The first-order valence-corrected chi connectivity index (χ1v) is 8.54. The van der Waals surface area contributed by atoms with Gasteiger partial charge in [-0.05, 0) is 42.5 Å². The van der Waals surface area contributed by atoms with Gasteiger partial charge in [0.15, 0.2) is 0 Å². The number of amides is 1. The van der Waals surface area contributed by atoms with Gasteiger partial charge in [-0.2, -0.15) is 0 Å². The molecule has 0 spiro atoms. The number of carbonyl (C=O) groups excluding carboxylic acids is 1. The third-order valence-electron chi connectivity index (χ3n) is 4.51. The number of fused-ring (bicyclic) bond motifs is 1. The second kappa shape index (κ2) is 6.56. The third kappa shape index (κ3) is 3.37. The summed E-state index contributed by atoms with van der Waals surface area (Å²) in [5.74, 6) is 2.13. The maximum absolute atomic E-state index is 12.5. The number of hydrogen-bond donors (Lipinski definition) is 1. The minimum Gasteiger partial charge on any atom is -0.492 e. The van der Waals surface area contributed by atoms with Crippen LogP contribution in [0.5, 0.6) is 11.5 Å². The van der Waals surface area contributed by atoms with E-state index in [0.717, 1.165) is 12.2 Å². The van der Waals surface area contributed by atoms with Gasteiger partial charge in [0, 0.05) is 6.42 Å². The highest BCUT2D eigenvalue weighted by atomic mass is 16.5. The van der Waals surface area contributed by atoms with Gasteiger partial charge >= 0.3 is 0 Å². The number of hydrogen-bond acceptors (Lipinski definition) is 3. The van der Waals surface area contributed by atoms with E-state index in [4.69, 9.17) is 9.47 Å². The first-order chi connectivity index (χ1) is 11.8. The summed E-state index contributed by atoms with van der Waals surface area (Å²) in [6.07, 6.45) is 3.28. The van der Waals surface area contributed by atoms with Crippen LogP contribution in [0.1, 0.15) is 28.8 Å². The van der Waals surface area contributed by atoms with E-state index >= 15 is 0 Å². The molecule has 1 saturated carbocycles. The normalized spacial score (nSPS) is 18.6. The van der Waals surface area contributed by atoms with Crippen molar-refractivity contribution in [1.29, 1.82) is 0 Å². The standard InChI is InChI=1S/C20H21NO3/c22-20(17-6-2-4-8-19(17)23-13-14-9-10-14)21-12-16-11-15-5-1-3-7-18(15)24-16/h1-8,14,16H,9-13H2,(H,21,22). The van der Waals surface area contributed by atoms with Crippen LogP contribution in [-0.4, -0.2) is 25.2 Å².